The summed E-state index contributed by atoms with van der Waals surface area (Å²) < 4.78 is 10.4. The lowest BCUT2D eigenvalue weighted by Gasteiger charge is -2.15. The molecule has 2 N–H and O–H groups in total. The molecule has 22 heavy (non-hydrogen) atoms. The average molecular weight is 311 g/mol. The number of nitrogens with one attached hydrogen (secondary N) is 1. The van der Waals surface area contributed by atoms with Gasteiger partial charge in [0.25, 0.3) is 0 Å². The van der Waals surface area contributed by atoms with E-state index in [0.717, 1.165) is 0 Å². The Labute approximate surface area is 128 Å². The molecule has 0 bridgehead atoms. The second kappa shape index (κ2) is 6.04. The van der Waals surface area contributed by atoms with Crippen LogP contribution in [-0.4, -0.2) is 39.3 Å². The first-order valence-corrected chi connectivity index (χ1v) is 7.21. The van der Waals surface area contributed by atoms with Gasteiger partial charge in [0.1, 0.15) is 12.1 Å². The molecule has 2 heterocycles. The van der Waals surface area contributed by atoms with Crippen LogP contribution in [-0.2, 0) is 19.7 Å². The molecular weight excluding hydrogens is 290 g/mol. The van der Waals surface area contributed by atoms with Crippen LogP contribution in [0.1, 0.15) is 58.3 Å². The van der Waals surface area contributed by atoms with Crippen LogP contribution >= 0.6 is 0 Å². The molecule has 2 rings (SSSR count). The van der Waals surface area contributed by atoms with E-state index >= 15 is 0 Å². The number of rotatable bonds is 4. The summed E-state index contributed by atoms with van der Waals surface area (Å²) >= 11 is 0. The number of nitrogens with zero attached hydrogens (tertiary/aromatic N) is 2. The normalized spacial score (nSPS) is 23.3. The summed E-state index contributed by atoms with van der Waals surface area (Å²) in [5.41, 5.74) is -0.241. The van der Waals surface area contributed by atoms with Crippen molar-refractivity contribution < 1.29 is 24.0 Å². The Bertz CT molecular complexity index is 563. The minimum Gasteiger partial charge on any atom is -0.479 e. The van der Waals surface area contributed by atoms with E-state index in [1.165, 1.54) is 0 Å². The van der Waals surface area contributed by atoms with E-state index in [0.29, 0.717) is 24.6 Å². The maximum Gasteiger partial charge on any atom is 0.332 e. The zero-order valence-electron chi connectivity index (χ0n) is 13.1. The lowest BCUT2D eigenvalue weighted by molar-refractivity contribution is -0.151. The second-order valence-corrected chi connectivity index (χ2v) is 6.47. The fraction of sp³-hybridized carbons (Fsp3) is 0.714. The molecule has 122 valence electrons. The van der Waals surface area contributed by atoms with E-state index in [1.54, 1.807) is 6.92 Å². The molecule has 0 spiro atoms. The van der Waals surface area contributed by atoms with Crippen LogP contribution in [0.5, 0.6) is 0 Å². The number of aliphatic carboxylic acids is 1. The number of carboxylic acid groups (broad SMARTS) is 1. The predicted octanol–water partition coefficient (Wildman–Crippen LogP) is 1.18. The van der Waals surface area contributed by atoms with E-state index in [1.807, 2.05) is 20.8 Å². The highest BCUT2D eigenvalue weighted by Crippen LogP contribution is 2.23. The largest absolute Gasteiger partial charge is 0.479 e. The third-order valence-electron chi connectivity index (χ3n) is 3.43. The lowest BCUT2D eigenvalue weighted by Crippen LogP contribution is -2.37. The van der Waals surface area contributed by atoms with Gasteiger partial charge in [-0.2, -0.15) is 4.98 Å². The first-order chi connectivity index (χ1) is 10.2. The van der Waals surface area contributed by atoms with Crippen molar-refractivity contribution in [2.45, 2.75) is 64.2 Å². The maximum absolute atomic E-state index is 12.1. The minimum absolute atomic E-state index is 0.241. The van der Waals surface area contributed by atoms with Gasteiger partial charge in [-0.3, -0.25) is 4.79 Å². The lowest BCUT2D eigenvalue weighted by atomic mass is 9.96. The monoisotopic (exact) mass is 311 g/mol. The Kier molecular flexibility index (Phi) is 4.50. The van der Waals surface area contributed by atoms with Crippen molar-refractivity contribution in [3.05, 3.63) is 11.7 Å². The van der Waals surface area contributed by atoms with Crippen molar-refractivity contribution in [3.63, 3.8) is 0 Å². The third kappa shape index (κ3) is 3.62. The first kappa shape index (κ1) is 16.4. The molecule has 8 nitrogen and oxygen atoms in total. The molecule has 1 unspecified atom stereocenters. The van der Waals surface area contributed by atoms with Gasteiger partial charge in [-0.1, -0.05) is 25.9 Å². The minimum atomic E-state index is -1.05. The van der Waals surface area contributed by atoms with Crippen LogP contribution in [0, 0.1) is 0 Å². The van der Waals surface area contributed by atoms with Crippen molar-refractivity contribution in [2.24, 2.45) is 0 Å². The van der Waals surface area contributed by atoms with Gasteiger partial charge in [0.2, 0.25) is 11.8 Å². The first-order valence-electron chi connectivity index (χ1n) is 7.21. The molecule has 3 atom stereocenters. The molecule has 1 aliphatic rings. The van der Waals surface area contributed by atoms with E-state index in [2.05, 4.69) is 15.5 Å². The Morgan fingerprint density at radius 1 is 1.32 bits per heavy atom. The summed E-state index contributed by atoms with van der Waals surface area (Å²) in [5.74, 6) is -0.542. The predicted molar refractivity (Wildman–Crippen MR) is 75.1 cm³/mol. The number of carbonyl (C=O) groups excluding carboxylic acids is 1. The topological polar surface area (TPSA) is 115 Å². The highest BCUT2D eigenvalue weighted by Gasteiger charge is 2.35. The van der Waals surface area contributed by atoms with Crippen LogP contribution in [0.4, 0.5) is 0 Å². The Hall–Kier alpha value is -1.96. The fourth-order valence-electron chi connectivity index (χ4n) is 2.10. The fourth-order valence-corrected chi connectivity index (χ4v) is 2.10. The average Bonchev–Trinajstić information content (AvgIpc) is 3.07. The summed E-state index contributed by atoms with van der Waals surface area (Å²) in [6.07, 6.45) is -0.959. The highest BCUT2D eigenvalue weighted by molar-refractivity contribution is 5.82. The summed E-state index contributed by atoms with van der Waals surface area (Å²) in [6.45, 7) is 7.61. The molecule has 0 aliphatic carbocycles. The van der Waals surface area contributed by atoms with Crippen molar-refractivity contribution in [2.75, 3.05) is 0 Å². The summed E-state index contributed by atoms with van der Waals surface area (Å²) in [4.78, 5) is 27.2. The standard InChI is InChI=1S/C14H21N3O5/c1-7(11-16-13(17-22-11)14(2,3)4)15-10(18)8-5-6-9(21-8)12(19)20/h7-9H,5-6H2,1-4H3,(H,15,18)(H,19,20)/t7?,8-,9+/m0/s1. The van der Waals surface area contributed by atoms with Gasteiger partial charge >= 0.3 is 5.97 Å². The van der Waals surface area contributed by atoms with Gasteiger partial charge in [0.05, 0.1) is 0 Å². The molecule has 1 aromatic heterocycles. The van der Waals surface area contributed by atoms with Gasteiger partial charge in [0, 0.05) is 5.41 Å². The van der Waals surface area contributed by atoms with E-state index in [9.17, 15) is 9.59 Å². The number of hydrogen-bond donors (Lipinski definition) is 2. The molecule has 1 aromatic rings. The van der Waals surface area contributed by atoms with Crippen LogP contribution in [0.2, 0.25) is 0 Å². The van der Waals surface area contributed by atoms with Crippen molar-refractivity contribution >= 4 is 11.9 Å². The van der Waals surface area contributed by atoms with Crippen LogP contribution in [0.3, 0.4) is 0 Å². The zero-order chi connectivity index (χ0) is 16.5. The Balaban J connectivity index is 1.94. The molecule has 1 amide bonds. The quantitative estimate of drug-likeness (QED) is 0.857. The molecular formula is C14H21N3O5. The van der Waals surface area contributed by atoms with Crippen molar-refractivity contribution in [1.82, 2.24) is 15.5 Å². The molecule has 1 saturated heterocycles. The van der Waals surface area contributed by atoms with Gasteiger partial charge in [-0.05, 0) is 19.8 Å². The molecule has 0 saturated carbocycles. The van der Waals surface area contributed by atoms with E-state index < -0.39 is 24.2 Å². The third-order valence-corrected chi connectivity index (χ3v) is 3.43. The van der Waals surface area contributed by atoms with Gasteiger partial charge < -0.3 is 19.7 Å². The van der Waals surface area contributed by atoms with Crippen LogP contribution < -0.4 is 5.32 Å². The summed E-state index contributed by atoms with van der Waals surface area (Å²) in [6, 6.07) is -0.469. The SMILES string of the molecule is CC(NC(=O)[C@@H]1CC[C@H](C(=O)O)O1)c1nc(C(C)(C)C)no1. The molecule has 8 heteroatoms. The van der Waals surface area contributed by atoms with Gasteiger partial charge in [0.15, 0.2) is 11.9 Å². The number of carboxylic acids is 1. The number of hydrogen-bond acceptors (Lipinski definition) is 6. The maximum atomic E-state index is 12.1. The summed E-state index contributed by atoms with van der Waals surface area (Å²) in [7, 11) is 0. The second-order valence-electron chi connectivity index (χ2n) is 6.47. The molecule has 1 aliphatic heterocycles. The molecule has 1 fully saturated rings. The van der Waals surface area contributed by atoms with Crippen molar-refractivity contribution in [3.8, 4) is 0 Å². The zero-order valence-corrected chi connectivity index (χ0v) is 13.1. The number of amides is 1. The Morgan fingerprint density at radius 3 is 2.45 bits per heavy atom. The molecule has 0 radical (unpaired) electrons. The van der Waals surface area contributed by atoms with E-state index in [-0.39, 0.29) is 11.3 Å². The Morgan fingerprint density at radius 2 is 1.95 bits per heavy atom. The summed E-state index contributed by atoms with van der Waals surface area (Å²) in [5, 5.41) is 15.5. The highest BCUT2D eigenvalue weighted by atomic mass is 16.5. The van der Waals surface area contributed by atoms with Crippen LogP contribution in [0.25, 0.3) is 0 Å². The number of carbonyl (C=O) groups is 2. The van der Waals surface area contributed by atoms with Gasteiger partial charge in [-0.25, -0.2) is 4.79 Å². The number of ether oxygens (including phenoxy) is 1. The van der Waals surface area contributed by atoms with Gasteiger partial charge in [-0.15, -0.1) is 0 Å². The van der Waals surface area contributed by atoms with E-state index in [4.69, 9.17) is 14.4 Å². The smallest absolute Gasteiger partial charge is 0.332 e. The number of aromatic nitrogens is 2. The van der Waals surface area contributed by atoms with Crippen LogP contribution in [0.15, 0.2) is 4.52 Å². The van der Waals surface area contributed by atoms with Crippen molar-refractivity contribution in [1.29, 1.82) is 0 Å². The molecule has 0 aromatic carbocycles.